The van der Waals surface area contributed by atoms with E-state index in [2.05, 4.69) is 20.2 Å². The fraction of sp³-hybridized carbons (Fsp3) is 0.310. The summed E-state index contributed by atoms with van der Waals surface area (Å²) >= 11 is 12.7. The van der Waals surface area contributed by atoms with E-state index in [0.717, 1.165) is 30.0 Å². The highest BCUT2D eigenvalue weighted by atomic mass is 35.5. The van der Waals surface area contributed by atoms with E-state index in [4.69, 9.17) is 27.9 Å². The maximum atomic E-state index is 13.3. The lowest BCUT2D eigenvalue weighted by atomic mass is 10.2. The largest absolute Gasteiger partial charge is 0.444 e. The molecular formula is C29H30Cl2N6O3. The fourth-order valence-electron chi connectivity index (χ4n) is 4.59. The number of halogens is 2. The van der Waals surface area contributed by atoms with Gasteiger partial charge in [0.25, 0.3) is 5.56 Å². The summed E-state index contributed by atoms with van der Waals surface area (Å²) in [6.45, 7) is 10.1. The Labute approximate surface area is 242 Å². The van der Waals surface area contributed by atoms with Gasteiger partial charge in [-0.15, -0.1) is 0 Å². The number of nitrogens with one attached hydrogen (secondary N) is 1. The van der Waals surface area contributed by atoms with E-state index in [-0.39, 0.29) is 11.7 Å². The van der Waals surface area contributed by atoms with Gasteiger partial charge in [0.2, 0.25) is 5.95 Å². The number of amides is 1. The molecular weight excluding hydrogens is 551 g/mol. The third-order valence-corrected chi connectivity index (χ3v) is 7.14. The second kappa shape index (κ2) is 11.0. The fourth-order valence-corrected chi connectivity index (χ4v) is 5.17. The number of hydrogen-bond donors (Lipinski definition) is 1. The summed E-state index contributed by atoms with van der Waals surface area (Å²) in [4.78, 5) is 38.6. The number of ether oxygens (including phenoxy) is 1. The van der Waals surface area contributed by atoms with Gasteiger partial charge in [-0.05, 0) is 69.7 Å². The molecule has 1 saturated heterocycles. The lowest BCUT2D eigenvalue weighted by Crippen LogP contribution is -2.50. The van der Waals surface area contributed by atoms with Crippen LogP contribution in [0.15, 0.2) is 59.7 Å². The Morgan fingerprint density at radius 1 is 1.00 bits per heavy atom. The van der Waals surface area contributed by atoms with Gasteiger partial charge in [-0.1, -0.05) is 29.3 Å². The molecule has 5 rings (SSSR count). The summed E-state index contributed by atoms with van der Waals surface area (Å²) in [7, 11) is 0. The van der Waals surface area contributed by atoms with Crippen molar-refractivity contribution < 1.29 is 9.53 Å². The number of aryl methyl sites for hydroxylation is 1. The van der Waals surface area contributed by atoms with Crippen LogP contribution >= 0.6 is 23.2 Å². The van der Waals surface area contributed by atoms with Crippen molar-refractivity contribution in [2.45, 2.75) is 33.3 Å². The molecule has 9 nitrogen and oxygen atoms in total. The van der Waals surface area contributed by atoms with Crippen LogP contribution in [0, 0.1) is 6.92 Å². The van der Waals surface area contributed by atoms with Gasteiger partial charge in [0.15, 0.2) is 0 Å². The summed E-state index contributed by atoms with van der Waals surface area (Å²) in [6, 6.07) is 13.0. The molecule has 208 valence electrons. The van der Waals surface area contributed by atoms with E-state index in [9.17, 15) is 9.59 Å². The molecule has 2 aromatic carbocycles. The summed E-state index contributed by atoms with van der Waals surface area (Å²) in [5.74, 6) is 0.377. The third-order valence-electron chi connectivity index (χ3n) is 6.53. The van der Waals surface area contributed by atoms with Crippen LogP contribution in [0.2, 0.25) is 10.0 Å². The number of piperazine rings is 1. The highest BCUT2D eigenvalue weighted by Crippen LogP contribution is 2.29. The molecule has 1 aliphatic rings. The predicted molar refractivity (Wildman–Crippen MR) is 160 cm³/mol. The van der Waals surface area contributed by atoms with Crippen LogP contribution < -0.4 is 15.8 Å². The van der Waals surface area contributed by atoms with Gasteiger partial charge in [-0.25, -0.2) is 14.8 Å². The van der Waals surface area contributed by atoms with Crippen molar-refractivity contribution in [1.82, 2.24) is 19.4 Å². The van der Waals surface area contributed by atoms with Crippen LogP contribution in [0.1, 0.15) is 26.3 Å². The Morgan fingerprint density at radius 3 is 2.27 bits per heavy atom. The van der Waals surface area contributed by atoms with Gasteiger partial charge in [-0.3, -0.25) is 9.36 Å². The summed E-state index contributed by atoms with van der Waals surface area (Å²) in [5.41, 5.74) is 2.80. The predicted octanol–water partition coefficient (Wildman–Crippen LogP) is 6.20. The topological polar surface area (TPSA) is 92.6 Å². The van der Waals surface area contributed by atoms with Crippen molar-refractivity contribution in [3.05, 3.63) is 80.8 Å². The number of nitrogens with zero attached hydrogens (tertiary/aromatic N) is 5. The number of pyridine rings is 1. The Bertz CT molecular complexity index is 1600. The first-order valence-electron chi connectivity index (χ1n) is 12.9. The molecule has 2 aromatic heterocycles. The third kappa shape index (κ3) is 5.85. The Morgan fingerprint density at radius 2 is 1.65 bits per heavy atom. The molecule has 1 aliphatic heterocycles. The van der Waals surface area contributed by atoms with Gasteiger partial charge in [0.1, 0.15) is 5.60 Å². The van der Waals surface area contributed by atoms with Crippen molar-refractivity contribution >= 4 is 57.5 Å². The average Bonchev–Trinajstić information content (AvgIpc) is 2.91. The van der Waals surface area contributed by atoms with Crippen LogP contribution in [0.25, 0.3) is 16.6 Å². The van der Waals surface area contributed by atoms with Gasteiger partial charge in [0, 0.05) is 49.9 Å². The van der Waals surface area contributed by atoms with Crippen LogP contribution in [0.3, 0.4) is 0 Å². The normalized spacial score (nSPS) is 13.9. The zero-order valence-corrected chi connectivity index (χ0v) is 24.3. The molecule has 11 heteroatoms. The number of carbonyl (C=O) groups excluding carboxylic acids is 1. The number of carbonyl (C=O) groups is 1. The molecule has 0 saturated carbocycles. The minimum absolute atomic E-state index is 0.274. The Hall–Kier alpha value is -3.82. The van der Waals surface area contributed by atoms with E-state index >= 15 is 0 Å². The molecule has 4 aromatic rings. The first-order valence-corrected chi connectivity index (χ1v) is 13.7. The maximum Gasteiger partial charge on any atom is 0.410 e. The van der Waals surface area contributed by atoms with Crippen LogP contribution in [0.4, 0.5) is 22.1 Å². The van der Waals surface area contributed by atoms with E-state index < -0.39 is 5.60 Å². The minimum Gasteiger partial charge on any atom is -0.444 e. The quantitative estimate of drug-likeness (QED) is 0.307. The number of fused-ring (bicyclic) bond motifs is 1. The number of anilines is 3. The molecule has 3 heterocycles. The van der Waals surface area contributed by atoms with Crippen molar-refractivity contribution in [2.24, 2.45) is 0 Å². The van der Waals surface area contributed by atoms with Gasteiger partial charge < -0.3 is 19.9 Å². The monoisotopic (exact) mass is 580 g/mol. The zero-order chi connectivity index (χ0) is 28.6. The molecule has 0 aliphatic carbocycles. The average molecular weight is 582 g/mol. The zero-order valence-electron chi connectivity index (χ0n) is 22.7. The SMILES string of the molecule is Cc1cn(-c2c(Cl)cccc2Cl)c(=O)c2cnc(Nc3ccc(N4CCN(C(=O)OC(C)(C)C)CC4)cc3)nc12. The standard InChI is InChI=1S/C29H30Cl2N6O3/c1-18-17-37(25-22(30)6-5-7-23(25)31)26(38)21-16-32-27(34-24(18)21)33-19-8-10-20(11-9-19)35-12-14-36(15-13-35)28(39)40-29(2,3)4/h5-11,16-17H,12-15H2,1-4H3,(H,32,33,34). The molecule has 1 N–H and O–H groups in total. The lowest BCUT2D eigenvalue weighted by Gasteiger charge is -2.36. The van der Waals surface area contributed by atoms with Crippen LogP contribution in [0.5, 0.6) is 0 Å². The molecule has 1 amide bonds. The first kappa shape index (κ1) is 27.7. The molecule has 0 spiro atoms. The minimum atomic E-state index is -0.506. The number of aromatic nitrogens is 3. The van der Waals surface area contributed by atoms with Gasteiger partial charge in [-0.2, -0.15) is 0 Å². The van der Waals surface area contributed by atoms with Crippen LogP contribution in [-0.2, 0) is 4.74 Å². The smallest absolute Gasteiger partial charge is 0.410 e. The molecule has 0 bridgehead atoms. The van der Waals surface area contributed by atoms with E-state index in [1.807, 2.05) is 52.0 Å². The molecule has 0 unspecified atom stereocenters. The number of benzene rings is 2. The van der Waals surface area contributed by atoms with Crippen molar-refractivity contribution in [3.8, 4) is 5.69 Å². The van der Waals surface area contributed by atoms with E-state index in [0.29, 0.717) is 45.7 Å². The van der Waals surface area contributed by atoms with Gasteiger partial charge >= 0.3 is 6.09 Å². The van der Waals surface area contributed by atoms with E-state index in [1.54, 1.807) is 29.3 Å². The van der Waals surface area contributed by atoms with E-state index in [1.165, 1.54) is 10.8 Å². The maximum absolute atomic E-state index is 13.3. The number of para-hydroxylation sites is 1. The van der Waals surface area contributed by atoms with Crippen LogP contribution in [-0.4, -0.2) is 57.3 Å². The molecule has 0 radical (unpaired) electrons. The summed E-state index contributed by atoms with van der Waals surface area (Å²) in [5, 5.41) is 4.33. The summed E-state index contributed by atoms with van der Waals surface area (Å²) < 4.78 is 6.92. The summed E-state index contributed by atoms with van der Waals surface area (Å²) in [6.07, 6.45) is 2.93. The number of hydrogen-bond acceptors (Lipinski definition) is 7. The highest BCUT2D eigenvalue weighted by molar-refractivity contribution is 6.37. The Kier molecular flexibility index (Phi) is 7.61. The highest BCUT2D eigenvalue weighted by Gasteiger charge is 2.26. The first-order chi connectivity index (χ1) is 19.0. The van der Waals surface area contributed by atoms with Gasteiger partial charge in [0.05, 0.1) is 26.6 Å². The van der Waals surface area contributed by atoms with Crippen molar-refractivity contribution in [2.75, 3.05) is 36.4 Å². The Balaban J connectivity index is 1.29. The molecule has 0 atom stereocenters. The second-order valence-corrected chi connectivity index (χ2v) is 11.5. The lowest BCUT2D eigenvalue weighted by molar-refractivity contribution is 0.0240. The number of rotatable bonds is 4. The van der Waals surface area contributed by atoms with Crippen molar-refractivity contribution in [3.63, 3.8) is 0 Å². The second-order valence-electron chi connectivity index (χ2n) is 10.6. The molecule has 1 fully saturated rings. The van der Waals surface area contributed by atoms with Crippen molar-refractivity contribution in [1.29, 1.82) is 0 Å². The molecule has 40 heavy (non-hydrogen) atoms.